The molecule has 0 unspecified atom stereocenters. The third-order valence-corrected chi connectivity index (χ3v) is 3.17. The van der Waals surface area contributed by atoms with Gasteiger partial charge in [0.1, 0.15) is 0 Å². The molecule has 0 bridgehead atoms. The molecule has 2 rings (SSSR count). The van der Waals surface area contributed by atoms with Crippen molar-refractivity contribution in [1.82, 2.24) is 4.98 Å². The summed E-state index contributed by atoms with van der Waals surface area (Å²) in [5.41, 5.74) is 3.07. The number of H-pyrrole nitrogens is 1. The highest BCUT2D eigenvalue weighted by molar-refractivity contribution is 5.81. The Hall–Kier alpha value is -2.69. The summed E-state index contributed by atoms with van der Waals surface area (Å²) in [4.78, 5) is 24.8. The highest BCUT2D eigenvalue weighted by atomic mass is 16.6. The van der Waals surface area contributed by atoms with Crippen LogP contribution in [0.1, 0.15) is 22.3 Å². The van der Waals surface area contributed by atoms with Crippen molar-refractivity contribution in [3.8, 4) is 0 Å². The molecule has 1 N–H and O–H groups in total. The number of aryl methyl sites for hydroxylation is 2. The molecule has 0 fully saturated rings. The Kier molecular flexibility index (Phi) is 3.52. The Labute approximate surface area is 115 Å². The number of hydrogen-bond acceptors (Lipinski definition) is 3. The van der Waals surface area contributed by atoms with E-state index in [9.17, 15) is 14.9 Å². The van der Waals surface area contributed by atoms with Gasteiger partial charge in [0.25, 0.3) is 11.2 Å². The number of nitro groups is 1. The summed E-state index contributed by atoms with van der Waals surface area (Å²) in [6.07, 6.45) is 1.55. The molecule has 2 aromatic rings. The van der Waals surface area contributed by atoms with E-state index in [4.69, 9.17) is 0 Å². The van der Waals surface area contributed by atoms with Crippen LogP contribution in [0.4, 0.5) is 5.69 Å². The second-order valence-corrected chi connectivity index (χ2v) is 4.60. The van der Waals surface area contributed by atoms with Crippen molar-refractivity contribution >= 4 is 11.3 Å². The van der Waals surface area contributed by atoms with Gasteiger partial charge in [0.05, 0.1) is 4.92 Å². The average Bonchev–Trinajstić information content (AvgIpc) is 2.38. The minimum absolute atomic E-state index is 0.0403. The molecule has 102 valence electrons. The Morgan fingerprint density at radius 3 is 2.40 bits per heavy atom. The number of aromatic nitrogens is 1. The number of non-ortho nitro benzene ring substituents is 1. The van der Waals surface area contributed by atoms with E-state index in [1.165, 1.54) is 12.1 Å². The Morgan fingerprint density at radius 1 is 1.30 bits per heavy atom. The molecule has 0 spiro atoms. The standard InChI is InChI=1S/C15H14N2O3/c1-9-7-12(17(19)20)8-10(2)14(9)11(3)13-5-4-6-16-15(13)18/h4-8H,3H2,1-2H3,(H,16,18). The van der Waals surface area contributed by atoms with E-state index in [0.717, 1.165) is 16.7 Å². The fraction of sp³-hybridized carbons (Fsp3) is 0.133. The first-order valence-electron chi connectivity index (χ1n) is 6.05. The van der Waals surface area contributed by atoms with Crippen LogP contribution in [0.15, 0.2) is 41.8 Å². The number of benzene rings is 1. The quantitative estimate of drug-likeness (QED) is 0.688. The molecule has 0 radical (unpaired) electrons. The second-order valence-electron chi connectivity index (χ2n) is 4.60. The summed E-state index contributed by atoms with van der Waals surface area (Å²) >= 11 is 0. The number of nitro benzene ring substituents is 1. The molecule has 1 aromatic heterocycles. The number of rotatable bonds is 3. The Morgan fingerprint density at radius 2 is 1.90 bits per heavy atom. The van der Waals surface area contributed by atoms with E-state index in [2.05, 4.69) is 11.6 Å². The van der Waals surface area contributed by atoms with Gasteiger partial charge in [0.2, 0.25) is 0 Å². The first kappa shape index (κ1) is 13.7. The first-order chi connectivity index (χ1) is 9.41. The van der Waals surface area contributed by atoms with Gasteiger partial charge in [0, 0.05) is 23.9 Å². The van der Waals surface area contributed by atoms with E-state index in [1.807, 2.05) is 0 Å². The van der Waals surface area contributed by atoms with Crippen molar-refractivity contribution in [3.63, 3.8) is 0 Å². The van der Waals surface area contributed by atoms with Gasteiger partial charge in [-0.2, -0.15) is 0 Å². The van der Waals surface area contributed by atoms with Gasteiger partial charge < -0.3 is 4.98 Å². The lowest BCUT2D eigenvalue weighted by molar-refractivity contribution is -0.384. The highest BCUT2D eigenvalue weighted by Gasteiger charge is 2.16. The number of aromatic amines is 1. The molecule has 0 aliphatic heterocycles. The van der Waals surface area contributed by atoms with Crippen molar-refractivity contribution in [2.45, 2.75) is 13.8 Å². The van der Waals surface area contributed by atoms with Crippen molar-refractivity contribution in [2.75, 3.05) is 0 Å². The average molecular weight is 270 g/mol. The molecule has 20 heavy (non-hydrogen) atoms. The minimum atomic E-state index is -0.429. The molecule has 5 heteroatoms. The smallest absolute Gasteiger partial charge is 0.269 e. The maximum Gasteiger partial charge on any atom is 0.269 e. The van der Waals surface area contributed by atoms with Gasteiger partial charge in [0.15, 0.2) is 0 Å². The van der Waals surface area contributed by atoms with Crippen LogP contribution in [0, 0.1) is 24.0 Å². The predicted molar refractivity (Wildman–Crippen MR) is 77.8 cm³/mol. The topological polar surface area (TPSA) is 76.0 Å². The van der Waals surface area contributed by atoms with Crippen LogP contribution < -0.4 is 5.56 Å². The first-order valence-corrected chi connectivity index (χ1v) is 6.05. The van der Waals surface area contributed by atoms with Crippen LogP contribution in [0.2, 0.25) is 0 Å². The number of nitrogens with zero attached hydrogens (tertiary/aromatic N) is 1. The van der Waals surface area contributed by atoms with E-state index in [0.29, 0.717) is 11.1 Å². The van der Waals surface area contributed by atoms with E-state index in [-0.39, 0.29) is 11.2 Å². The van der Waals surface area contributed by atoms with Crippen molar-refractivity contribution < 1.29 is 4.92 Å². The van der Waals surface area contributed by atoms with Gasteiger partial charge in [-0.05, 0) is 48.2 Å². The fourth-order valence-corrected chi connectivity index (χ4v) is 2.32. The van der Waals surface area contributed by atoms with Crippen LogP contribution in [0.25, 0.3) is 5.57 Å². The van der Waals surface area contributed by atoms with Crippen LogP contribution in [-0.4, -0.2) is 9.91 Å². The summed E-state index contributed by atoms with van der Waals surface area (Å²) in [6, 6.07) is 6.38. The number of pyridine rings is 1. The molecular weight excluding hydrogens is 256 g/mol. The molecule has 1 heterocycles. The molecule has 1 aromatic carbocycles. The molecule has 0 amide bonds. The van der Waals surface area contributed by atoms with Crippen molar-refractivity contribution in [3.05, 3.63) is 79.8 Å². The van der Waals surface area contributed by atoms with E-state index >= 15 is 0 Å². The van der Waals surface area contributed by atoms with Crippen molar-refractivity contribution in [2.24, 2.45) is 0 Å². The summed E-state index contributed by atoms with van der Waals surface area (Å²) in [7, 11) is 0. The second kappa shape index (κ2) is 5.13. The van der Waals surface area contributed by atoms with Crippen LogP contribution in [0.5, 0.6) is 0 Å². The van der Waals surface area contributed by atoms with Gasteiger partial charge in [-0.1, -0.05) is 6.58 Å². The SMILES string of the molecule is C=C(c1c(C)cc([N+](=O)[O-])cc1C)c1ccc[nH]c1=O. The zero-order valence-corrected chi connectivity index (χ0v) is 11.3. The zero-order valence-electron chi connectivity index (χ0n) is 11.3. The minimum Gasteiger partial charge on any atom is -0.329 e. The molecule has 0 aliphatic rings. The molecule has 0 atom stereocenters. The Bertz CT molecular complexity index is 737. The van der Waals surface area contributed by atoms with Crippen LogP contribution in [-0.2, 0) is 0 Å². The summed E-state index contributed by atoms with van der Waals surface area (Å²) < 4.78 is 0. The molecule has 0 aliphatic carbocycles. The maximum atomic E-state index is 11.8. The molecular formula is C15H14N2O3. The number of nitrogens with one attached hydrogen (secondary N) is 1. The number of hydrogen-bond donors (Lipinski definition) is 1. The monoisotopic (exact) mass is 270 g/mol. The van der Waals surface area contributed by atoms with E-state index in [1.54, 1.807) is 32.2 Å². The van der Waals surface area contributed by atoms with Gasteiger partial charge in [-0.25, -0.2) is 0 Å². The summed E-state index contributed by atoms with van der Waals surface area (Å²) in [5.74, 6) is 0. The third kappa shape index (κ3) is 2.38. The normalized spacial score (nSPS) is 10.3. The molecule has 0 saturated carbocycles. The summed E-state index contributed by atoms with van der Waals surface area (Å²) in [5, 5.41) is 10.8. The van der Waals surface area contributed by atoms with E-state index < -0.39 is 4.92 Å². The lowest BCUT2D eigenvalue weighted by atomic mass is 9.92. The fourth-order valence-electron chi connectivity index (χ4n) is 2.32. The van der Waals surface area contributed by atoms with Crippen LogP contribution in [0.3, 0.4) is 0 Å². The lowest BCUT2D eigenvalue weighted by Crippen LogP contribution is -2.11. The van der Waals surface area contributed by atoms with Gasteiger partial charge in [-0.15, -0.1) is 0 Å². The van der Waals surface area contributed by atoms with Gasteiger partial charge in [-0.3, -0.25) is 14.9 Å². The van der Waals surface area contributed by atoms with Gasteiger partial charge >= 0.3 is 0 Å². The Balaban J connectivity index is 2.60. The molecule has 5 nitrogen and oxygen atoms in total. The maximum absolute atomic E-state index is 11.8. The summed E-state index contributed by atoms with van der Waals surface area (Å²) in [6.45, 7) is 7.51. The molecule has 0 saturated heterocycles. The zero-order chi connectivity index (χ0) is 14.9. The van der Waals surface area contributed by atoms with Crippen molar-refractivity contribution in [1.29, 1.82) is 0 Å². The lowest BCUT2D eigenvalue weighted by Gasteiger charge is -2.12. The highest BCUT2D eigenvalue weighted by Crippen LogP contribution is 2.29. The predicted octanol–water partition coefficient (Wildman–Crippen LogP) is 2.96. The van der Waals surface area contributed by atoms with Crippen LogP contribution >= 0.6 is 0 Å². The largest absolute Gasteiger partial charge is 0.329 e. The third-order valence-electron chi connectivity index (χ3n) is 3.17.